The van der Waals surface area contributed by atoms with Crippen LogP contribution in [0.3, 0.4) is 0 Å². The number of carbonyl (C=O) groups excluding carboxylic acids is 2. The van der Waals surface area contributed by atoms with Crippen LogP contribution in [0.25, 0.3) is 0 Å². The Balaban J connectivity index is 1.35. The molecule has 2 heterocycles. The van der Waals surface area contributed by atoms with E-state index in [0.29, 0.717) is 5.69 Å². The minimum atomic E-state index is -3.58. The van der Waals surface area contributed by atoms with Gasteiger partial charge >= 0.3 is 0 Å². The number of sulfone groups is 1. The Morgan fingerprint density at radius 3 is 2.39 bits per heavy atom. The lowest BCUT2D eigenvalue weighted by Gasteiger charge is -2.07. The fourth-order valence-corrected chi connectivity index (χ4v) is 4.37. The van der Waals surface area contributed by atoms with Crippen molar-refractivity contribution in [2.45, 2.75) is 17.2 Å². The van der Waals surface area contributed by atoms with Crippen molar-refractivity contribution < 1.29 is 26.8 Å². The molecule has 33 heavy (non-hydrogen) atoms. The molecule has 0 aliphatic rings. The lowest BCUT2D eigenvalue weighted by molar-refractivity contribution is 0.0921. The van der Waals surface area contributed by atoms with E-state index in [1.807, 2.05) is 0 Å². The minimum absolute atomic E-state index is 0.00976. The average molecular weight is 464 g/mol. The zero-order chi connectivity index (χ0) is 23.3. The molecule has 2 aromatic carbocycles. The summed E-state index contributed by atoms with van der Waals surface area (Å²) in [6.45, 7) is 0.182. The maximum atomic E-state index is 12.5. The Morgan fingerprint density at radius 2 is 1.64 bits per heavy atom. The first kappa shape index (κ1) is 22.1. The number of carbonyl (C=O) groups is 2. The van der Waals surface area contributed by atoms with Gasteiger partial charge in [-0.15, -0.1) is 0 Å². The van der Waals surface area contributed by atoms with Gasteiger partial charge in [-0.1, -0.05) is 30.3 Å². The fraction of sp³-hybridized carbons (Fsp3) is 0.0833. The lowest BCUT2D eigenvalue weighted by atomic mass is 10.2. The van der Waals surface area contributed by atoms with Crippen molar-refractivity contribution >= 4 is 27.3 Å². The number of rotatable bonds is 8. The van der Waals surface area contributed by atoms with Gasteiger partial charge in [0.25, 0.3) is 11.8 Å². The Hall–Kier alpha value is -4.11. The highest BCUT2D eigenvalue weighted by Gasteiger charge is 2.19. The molecule has 4 aromatic rings. The predicted octanol–water partition coefficient (Wildman–Crippen LogP) is 4.03. The van der Waals surface area contributed by atoms with Crippen LogP contribution in [0.1, 0.15) is 32.4 Å². The van der Waals surface area contributed by atoms with Gasteiger partial charge in [0, 0.05) is 12.2 Å². The summed E-state index contributed by atoms with van der Waals surface area (Å²) in [6, 6.07) is 21.1. The molecule has 2 N–H and O–H groups in total. The molecular formula is C24H20N2O6S. The topological polar surface area (TPSA) is 119 Å². The molecule has 4 rings (SSSR count). The van der Waals surface area contributed by atoms with Crippen LogP contribution in [-0.2, 0) is 22.1 Å². The van der Waals surface area contributed by atoms with Crippen molar-refractivity contribution in [1.82, 2.24) is 5.32 Å². The second-order valence-electron chi connectivity index (χ2n) is 7.15. The van der Waals surface area contributed by atoms with Gasteiger partial charge in [-0.25, -0.2) is 8.42 Å². The van der Waals surface area contributed by atoms with Crippen LogP contribution in [0.15, 0.2) is 98.9 Å². The highest BCUT2D eigenvalue weighted by atomic mass is 32.2. The standard InChI is InChI=1S/C24H20N2O6S/c27-23(22-12-11-19(32-22)16-33(29,30)20-8-2-1-3-9-20)25-15-17-6-4-7-18(14-17)26-24(28)21-10-5-13-31-21/h1-14H,15-16H2,(H,25,27)(H,26,28). The molecule has 168 valence electrons. The molecule has 0 atom stereocenters. The molecule has 0 bridgehead atoms. The molecule has 0 unspecified atom stereocenters. The van der Waals surface area contributed by atoms with Gasteiger partial charge in [0.15, 0.2) is 21.4 Å². The van der Waals surface area contributed by atoms with Crippen molar-refractivity contribution in [3.8, 4) is 0 Å². The minimum Gasteiger partial charge on any atom is -0.459 e. The van der Waals surface area contributed by atoms with Crippen LogP contribution in [0.4, 0.5) is 5.69 Å². The van der Waals surface area contributed by atoms with Gasteiger partial charge in [-0.3, -0.25) is 9.59 Å². The molecule has 0 saturated carbocycles. The van der Waals surface area contributed by atoms with Crippen LogP contribution < -0.4 is 10.6 Å². The number of anilines is 1. The van der Waals surface area contributed by atoms with Crippen LogP contribution >= 0.6 is 0 Å². The fourth-order valence-electron chi connectivity index (χ4n) is 3.10. The van der Waals surface area contributed by atoms with E-state index < -0.39 is 15.7 Å². The first-order valence-electron chi connectivity index (χ1n) is 9.99. The summed E-state index contributed by atoms with van der Waals surface area (Å²) >= 11 is 0. The Kier molecular flexibility index (Phi) is 6.41. The largest absolute Gasteiger partial charge is 0.459 e. The first-order valence-corrected chi connectivity index (χ1v) is 11.6. The van der Waals surface area contributed by atoms with Gasteiger partial charge < -0.3 is 19.5 Å². The zero-order valence-corrected chi connectivity index (χ0v) is 18.2. The SMILES string of the molecule is O=C(Nc1cccc(CNC(=O)c2ccc(CS(=O)(=O)c3ccccc3)o2)c1)c1ccco1. The number of hydrogen-bond donors (Lipinski definition) is 2. The number of amides is 2. The highest BCUT2D eigenvalue weighted by molar-refractivity contribution is 7.90. The quantitative estimate of drug-likeness (QED) is 0.406. The monoisotopic (exact) mass is 464 g/mol. The molecule has 0 spiro atoms. The summed E-state index contributed by atoms with van der Waals surface area (Å²) in [4.78, 5) is 24.7. The van der Waals surface area contributed by atoms with Crippen LogP contribution in [0.2, 0.25) is 0 Å². The maximum absolute atomic E-state index is 12.5. The van der Waals surface area contributed by atoms with Gasteiger partial charge in [-0.2, -0.15) is 0 Å². The Bertz CT molecular complexity index is 1360. The van der Waals surface area contributed by atoms with Crippen LogP contribution in [-0.4, -0.2) is 20.2 Å². The van der Waals surface area contributed by atoms with Crippen molar-refractivity contribution in [3.05, 3.63) is 108 Å². The van der Waals surface area contributed by atoms with Gasteiger partial charge in [0.2, 0.25) is 0 Å². The normalized spacial score (nSPS) is 11.2. The molecular weight excluding hydrogens is 444 g/mol. The van der Waals surface area contributed by atoms with Gasteiger partial charge in [-0.05, 0) is 54.1 Å². The van der Waals surface area contributed by atoms with E-state index in [4.69, 9.17) is 8.83 Å². The van der Waals surface area contributed by atoms with E-state index in [2.05, 4.69) is 10.6 Å². The maximum Gasteiger partial charge on any atom is 0.291 e. The van der Waals surface area contributed by atoms with Crippen LogP contribution in [0.5, 0.6) is 0 Å². The van der Waals surface area contributed by atoms with E-state index in [9.17, 15) is 18.0 Å². The predicted molar refractivity (Wildman–Crippen MR) is 120 cm³/mol. The number of benzene rings is 2. The lowest BCUT2D eigenvalue weighted by Crippen LogP contribution is -2.22. The van der Waals surface area contributed by atoms with E-state index in [1.165, 1.54) is 30.5 Å². The molecule has 9 heteroatoms. The Morgan fingerprint density at radius 1 is 0.818 bits per heavy atom. The van der Waals surface area contributed by atoms with Gasteiger partial charge in [0.1, 0.15) is 11.5 Å². The molecule has 0 aliphatic heterocycles. The summed E-state index contributed by atoms with van der Waals surface area (Å²) in [5.74, 6) is -0.834. The van der Waals surface area contributed by atoms with Crippen molar-refractivity contribution in [1.29, 1.82) is 0 Å². The molecule has 0 aliphatic carbocycles. The van der Waals surface area contributed by atoms with Crippen LogP contribution in [0, 0.1) is 0 Å². The molecule has 0 fully saturated rings. The molecule has 2 amide bonds. The Labute approximate surface area is 190 Å². The summed E-state index contributed by atoms with van der Waals surface area (Å²) < 4.78 is 35.5. The molecule has 8 nitrogen and oxygen atoms in total. The summed E-state index contributed by atoms with van der Waals surface area (Å²) in [7, 11) is -3.58. The molecule has 2 aromatic heterocycles. The second kappa shape index (κ2) is 9.58. The average Bonchev–Trinajstić information content (AvgIpc) is 3.51. The van der Waals surface area contributed by atoms with E-state index >= 15 is 0 Å². The third-order valence-electron chi connectivity index (χ3n) is 4.70. The third kappa shape index (κ3) is 5.58. The smallest absolute Gasteiger partial charge is 0.291 e. The van der Waals surface area contributed by atoms with Gasteiger partial charge in [0.05, 0.1) is 11.2 Å². The van der Waals surface area contributed by atoms with E-state index in [0.717, 1.165) is 5.56 Å². The number of nitrogens with one attached hydrogen (secondary N) is 2. The number of furan rings is 2. The summed E-state index contributed by atoms with van der Waals surface area (Å²) in [5, 5.41) is 5.44. The number of hydrogen-bond acceptors (Lipinski definition) is 6. The van der Waals surface area contributed by atoms with Crippen molar-refractivity contribution in [3.63, 3.8) is 0 Å². The van der Waals surface area contributed by atoms with E-state index in [1.54, 1.807) is 54.6 Å². The summed E-state index contributed by atoms with van der Waals surface area (Å²) in [5.41, 5.74) is 1.30. The second-order valence-corrected chi connectivity index (χ2v) is 9.14. The van der Waals surface area contributed by atoms with Crippen molar-refractivity contribution in [2.24, 2.45) is 0 Å². The molecule has 0 saturated heterocycles. The first-order chi connectivity index (χ1) is 15.9. The zero-order valence-electron chi connectivity index (χ0n) is 17.4. The van der Waals surface area contributed by atoms with Crippen molar-refractivity contribution in [2.75, 3.05) is 5.32 Å². The third-order valence-corrected chi connectivity index (χ3v) is 6.36. The highest BCUT2D eigenvalue weighted by Crippen LogP contribution is 2.18. The molecule has 0 radical (unpaired) electrons. The van der Waals surface area contributed by atoms with E-state index in [-0.39, 0.29) is 40.4 Å². The summed E-state index contributed by atoms with van der Waals surface area (Å²) in [6.07, 6.45) is 1.41.